The Hall–Kier alpha value is -1.96. The van der Waals surface area contributed by atoms with E-state index in [9.17, 15) is 10.2 Å². The highest BCUT2D eigenvalue weighted by Crippen LogP contribution is 2.35. The lowest BCUT2D eigenvalue weighted by atomic mass is 9.92. The molecule has 2 aromatic rings. The molecule has 0 bridgehead atoms. The number of hydrogen-bond donors (Lipinski definition) is 2. The largest absolute Gasteiger partial charge is 0.508 e. The van der Waals surface area contributed by atoms with E-state index in [2.05, 4.69) is 0 Å². The van der Waals surface area contributed by atoms with Crippen LogP contribution in [0.5, 0.6) is 11.5 Å². The molecule has 17 heavy (non-hydrogen) atoms. The lowest BCUT2D eigenvalue weighted by Crippen LogP contribution is -1.99. The molecule has 0 aliphatic rings. The summed E-state index contributed by atoms with van der Waals surface area (Å²) in [6.45, 7) is 2.00. The van der Waals surface area contributed by atoms with Crippen molar-refractivity contribution in [2.75, 3.05) is 0 Å². The van der Waals surface area contributed by atoms with E-state index in [1.165, 1.54) is 5.56 Å². The third-order valence-electron chi connectivity index (χ3n) is 2.94. The fourth-order valence-electron chi connectivity index (χ4n) is 2.12. The van der Waals surface area contributed by atoms with Crippen LogP contribution in [-0.4, -0.2) is 10.2 Å². The minimum Gasteiger partial charge on any atom is -0.508 e. The van der Waals surface area contributed by atoms with Crippen LogP contribution in [0.15, 0.2) is 48.5 Å². The fraction of sp³-hybridized carbons (Fsp3) is 0.200. The zero-order chi connectivity index (χ0) is 12.3. The standard InChI is InChI=1S/C15H16O2/c1-11(10-12-6-3-2-4-7-12)15-13(16)8-5-9-14(15)17/h2-9,11,16-17H,10H2,1H3. The lowest BCUT2D eigenvalue weighted by molar-refractivity contribution is 0.430. The molecule has 0 saturated heterocycles. The molecule has 0 heterocycles. The van der Waals surface area contributed by atoms with Crippen molar-refractivity contribution in [2.24, 2.45) is 0 Å². The maximum atomic E-state index is 9.78. The van der Waals surface area contributed by atoms with E-state index in [0.29, 0.717) is 5.56 Å². The van der Waals surface area contributed by atoms with Crippen molar-refractivity contribution >= 4 is 0 Å². The molecule has 88 valence electrons. The van der Waals surface area contributed by atoms with Crippen molar-refractivity contribution in [3.05, 3.63) is 59.7 Å². The number of hydrogen-bond acceptors (Lipinski definition) is 2. The van der Waals surface area contributed by atoms with E-state index in [-0.39, 0.29) is 17.4 Å². The predicted octanol–water partition coefficient (Wildman–Crippen LogP) is 3.44. The molecule has 1 atom stereocenters. The van der Waals surface area contributed by atoms with E-state index < -0.39 is 0 Å². The van der Waals surface area contributed by atoms with Gasteiger partial charge in [0.1, 0.15) is 11.5 Å². The average Bonchev–Trinajstić information content (AvgIpc) is 2.30. The molecule has 2 N–H and O–H groups in total. The fourth-order valence-corrected chi connectivity index (χ4v) is 2.12. The van der Waals surface area contributed by atoms with Crippen molar-refractivity contribution in [3.8, 4) is 11.5 Å². The first kappa shape index (κ1) is 11.5. The summed E-state index contributed by atoms with van der Waals surface area (Å²) in [5, 5.41) is 19.6. The average molecular weight is 228 g/mol. The first-order valence-electron chi connectivity index (χ1n) is 5.73. The molecule has 2 rings (SSSR count). The van der Waals surface area contributed by atoms with Crippen molar-refractivity contribution in [1.82, 2.24) is 0 Å². The lowest BCUT2D eigenvalue weighted by Gasteiger charge is -2.15. The molecule has 0 aromatic heterocycles. The van der Waals surface area contributed by atoms with Gasteiger partial charge in [-0.15, -0.1) is 0 Å². The Morgan fingerprint density at radius 2 is 1.47 bits per heavy atom. The van der Waals surface area contributed by atoms with E-state index in [0.717, 1.165) is 6.42 Å². The maximum absolute atomic E-state index is 9.78. The zero-order valence-electron chi connectivity index (χ0n) is 9.80. The minimum atomic E-state index is 0.0820. The molecule has 0 aliphatic carbocycles. The third-order valence-corrected chi connectivity index (χ3v) is 2.94. The number of phenolic OH excluding ortho intramolecular Hbond substituents is 2. The molecule has 0 aliphatic heterocycles. The van der Waals surface area contributed by atoms with Gasteiger partial charge in [0, 0.05) is 5.56 Å². The van der Waals surface area contributed by atoms with Gasteiger partial charge in [0.15, 0.2) is 0 Å². The first-order chi connectivity index (χ1) is 8.18. The molecular formula is C15H16O2. The highest BCUT2D eigenvalue weighted by Gasteiger charge is 2.15. The molecule has 0 amide bonds. The SMILES string of the molecule is CC(Cc1ccccc1)c1c(O)cccc1O. The van der Waals surface area contributed by atoms with Crippen molar-refractivity contribution < 1.29 is 10.2 Å². The van der Waals surface area contributed by atoms with Crippen LogP contribution in [0.1, 0.15) is 24.0 Å². The molecule has 1 unspecified atom stereocenters. The van der Waals surface area contributed by atoms with Crippen LogP contribution >= 0.6 is 0 Å². The Balaban J connectivity index is 2.23. The highest BCUT2D eigenvalue weighted by molar-refractivity contribution is 5.45. The second kappa shape index (κ2) is 4.91. The Kier molecular flexibility index (Phi) is 3.33. The molecule has 0 radical (unpaired) electrons. The monoisotopic (exact) mass is 228 g/mol. The number of benzene rings is 2. The van der Waals surface area contributed by atoms with Gasteiger partial charge in [-0.05, 0) is 30.0 Å². The summed E-state index contributed by atoms with van der Waals surface area (Å²) in [6.07, 6.45) is 0.798. The van der Waals surface area contributed by atoms with Gasteiger partial charge in [-0.2, -0.15) is 0 Å². The first-order valence-corrected chi connectivity index (χ1v) is 5.73. The molecule has 0 spiro atoms. The summed E-state index contributed by atoms with van der Waals surface area (Å²) in [4.78, 5) is 0. The van der Waals surface area contributed by atoms with Crippen LogP contribution in [0.2, 0.25) is 0 Å². The quantitative estimate of drug-likeness (QED) is 0.844. The molecule has 0 saturated carbocycles. The topological polar surface area (TPSA) is 40.5 Å². The van der Waals surface area contributed by atoms with E-state index in [1.807, 2.05) is 37.3 Å². The molecule has 2 nitrogen and oxygen atoms in total. The van der Waals surface area contributed by atoms with Crippen LogP contribution in [0.25, 0.3) is 0 Å². The van der Waals surface area contributed by atoms with Crippen LogP contribution in [0, 0.1) is 0 Å². The van der Waals surface area contributed by atoms with Gasteiger partial charge < -0.3 is 10.2 Å². The van der Waals surface area contributed by atoms with E-state index in [4.69, 9.17) is 0 Å². The summed E-state index contributed by atoms with van der Waals surface area (Å²) in [6, 6.07) is 14.9. The number of aromatic hydroxyl groups is 2. The zero-order valence-corrected chi connectivity index (χ0v) is 9.80. The molecule has 2 aromatic carbocycles. The summed E-state index contributed by atoms with van der Waals surface area (Å²) < 4.78 is 0. The summed E-state index contributed by atoms with van der Waals surface area (Å²) in [7, 11) is 0. The molecule has 0 fully saturated rings. The van der Waals surface area contributed by atoms with Gasteiger partial charge in [0.05, 0.1) is 0 Å². The van der Waals surface area contributed by atoms with Crippen LogP contribution < -0.4 is 0 Å². The molecular weight excluding hydrogens is 212 g/mol. The van der Waals surface area contributed by atoms with Crippen LogP contribution in [0.3, 0.4) is 0 Å². The normalized spacial score (nSPS) is 12.3. The van der Waals surface area contributed by atoms with Gasteiger partial charge in [-0.1, -0.05) is 43.3 Å². The van der Waals surface area contributed by atoms with Crippen molar-refractivity contribution in [2.45, 2.75) is 19.3 Å². The number of rotatable bonds is 3. The third kappa shape index (κ3) is 2.59. The van der Waals surface area contributed by atoms with Crippen LogP contribution in [0.4, 0.5) is 0 Å². The second-order valence-electron chi connectivity index (χ2n) is 4.30. The summed E-state index contributed by atoms with van der Waals surface area (Å²) in [5.74, 6) is 0.403. The van der Waals surface area contributed by atoms with E-state index >= 15 is 0 Å². The Bertz CT molecular complexity index is 471. The van der Waals surface area contributed by atoms with Crippen LogP contribution in [-0.2, 0) is 6.42 Å². The Labute approximate surface area is 101 Å². The van der Waals surface area contributed by atoms with Gasteiger partial charge in [0.2, 0.25) is 0 Å². The number of phenols is 2. The Morgan fingerprint density at radius 3 is 2.06 bits per heavy atom. The maximum Gasteiger partial charge on any atom is 0.122 e. The minimum absolute atomic E-state index is 0.0820. The molecule has 2 heteroatoms. The summed E-state index contributed by atoms with van der Waals surface area (Å²) in [5.41, 5.74) is 1.82. The predicted molar refractivity (Wildman–Crippen MR) is 68.3 cm³/mol. The van der Waals surface area contributed by atoms with Gasteiger partial charge in [0.25, 0.3) is 0 Å². The van der Waals surface area contributed by atoms with Gasteiger partial charge >= 0.3 is 0 Å². The van der Waals surface area contributed by atoms with Crippen molar-refractivity contribution in [3.63, 3.8) is 0 Å². The van der Waals surface area contributed by atoms with Gasteiger partial charge in [-0.3, -0.25) is 0 Å². The van der Waals surface area contributed by atoms with E-state index in [1.54, 1.807) is 18.2 Å². The highest BCUT2D eigenvalue weighted by atomic mass is 16.3. The van der Waals surface area contributed by atoms with Crippen molar-refractivity contribution in [1.29, 1.82) is 0 Å². The smallest absolute Gasteiger partial charge is 0.122 e. The Morgan fingerprint density at radius 1 is 0.882 bits per heavy atom. The summed E-state index contributed by atoms with van der Waals surface area (Å²) >= 11 is 0. The van der Waals surface area contributed by atoms with Gasteiger partial charge in [-0.25, -0.2) is 0 Å². The second-order valence-corrected chi connectivity index (χ2v) is 4.30.